The van der Waals surface area contributed by atoms with Crippen LogP contribution in [0.15, 0.2) is 24.3 Å². The maximum absolute atomic E-state index is 11.4. The van der Waals surface area contributed by atoms with Crippen molar-refractivity contribution in [2.75, 3.05) is 5.73 Å². The SMILES string of the molecule is CCc1cc(COc2c(N)cccc2C(N)=O)n(CC)n1. The molecule has 1 heterocycles. The van der Waals surface area contributed by atoms with Crippen LogP contribution in [0.25, 0.3) is 0 Å². The van der Waals surface area contributed by atoms with Gasteiger partial charge in [0.15, 0.2) is 5.75 Å². The van der Waals surface area contributed by atoms with Crippen molar-refractivity contribution in [1.29, 1.82) is 0 Å². The minimum Gasteiger partial charge on any atom is -0.484 e. The number of anilines is 1. The van der Waals surface area contributed by atoms with Crippen LogP contribution in [0, 0.1) is 0 Å². The van der Waals surface area contributed by atoms with Gasteiger partial charge in [-0.15, -0.1) is 0 Å². The van der Waals surface area contributed by atoms with Crippen molar-refractivity contribution in [3.05, 3.63) is 41.2 Å². The van der Waals surface area contributed by atoms with Gasteiger partial charge in [-0.1, -0.05) is 13.0 Å². The van der Waals surface area contributed by atoms with Crippen LogP contribution in [0.3, 0.4) is 0 Å². The van der Waals surface area contributed by atoms with Gasteiger partial charge in [-0.2, -0.15) is 5.10 Å². The molecule has 0 aliphatic heterocycles. The highest BCUT2D eigenvalue weighted by molar-refractivity contribution is 5.97. The predicted molar refractivity (Wildman–Crippen MR) is 81.0 cm³/mol. The average molecular weight is 288 g/mol. The maximum Gasteiger partial charge on any atom is 0.252 e. The molecule has 4 N–H and O–H groups in total. The number of rotatable bonds is 6. The lowest BCUT2D eigenvalue weighted by atomic mass is 10.1. The van der Waals surface area contributed by atoms with Gasteiger partial charge in [-0.3, -0.25) is 9.48 Å². The molecule has 0 saturated heterocycles. The van der Waals surface area contributed by atoms with Gasteiger partial charge in [0, 0.05) is 6.54 Å². The molecule has 2 rings (SSSR count). The van der Waals surface area contributed by atoms with E-state index in [2.05, 4.69) is 5.10 Å². The van der Waals surface area contributed by atoms with Crippen molar-refractivity contribution >= 4 is 11.6 Å². The summed E-state index contributed by atoms with van der Waals surface area (Å²) >= 11 is 0. The number of carbonyl (C=O) groups is 1. The fraction of sp³-hybridized carbons (Fsp3) is 0.333. The first-order valence-corrected chi connectivity index (χ1v) is 6.93. The van der Waals surface area contributed by atoms with E-state index in [-0.39, 0.29) is 12.2 Å². The van der Waals surface area contributed by atoms with Gasteiger partial charge in [0.2, 0.25) is 0 Å². The van der Waals surface area contributed by atoms with Crippen LogP contribution in [0.5, 0.6) is 5.75 Å². The van der Waals surface area contributed by atoms with E-state index in [1.807, 2.05) is 24.6 Å². The van der Waals surface area contributed by atoms with E-state index >= 15 is 0 Å². The third-order valence-electron chi connectivity index (χ3n) is 3.25. The summed E-state index contributed by atoms with van der Waals surface area (Å²) in [6.07, 6.45) is 0.861. The molecule has 0 radical (unpaired) electrons. The minimum atomic E-state index is -0.560. The van der Waals surface area contributed by atoms with Crippen LogP contribution in [0.1, 0.15) is 35.6 Å². The third-order valence-corrected chi connectivity index (χ3v) is 3.25. The van der Waals surface area contributed by atoms with E-state index in [1.54, 1.807) is 18.2 Å². The number of aryl methyl sites for hydroxylation is 2. The number of nitrogens with zero attached hydrogens (tertiary/aromatic N) is 2. The number of carbonyl (C=O) groups excluding carboxylic acids is 1. The molecular weight excluding hydrogens is 268 g/mol. The highest BCUT2D eigenvalue weighted by Gasteiger charge is 2.14. The fourth-order valence-electron chi connectivity index (χ4n) is 2.13. The Morgan fingerprint density at radius 2 is 2.14 bits per heavy atom. The van der Waals surface area contributed by atoms with E-state index in [0.717, 1.165) is 24.4 Å². The molecule has 1 aromatic carbocycles. The van der Waals surface area contributed by atoms with Crippen molar-refractivity contribution in [2.45, 2.75) is 33.4 Å². The largest absolute Gasteiger partial charge is 0.484 e. The molecule has 0 spiro atoms. The summed E-state index contributed by atoms with van der Waals surface area (Å²) in [6, 6.07) is 6.94. The Hall–Kier alpha value is -2.50. The number of aromatic nitrogens is 2. The lowest BCUT2D eigenvalue weighted by Crippen LogP contribution is -2.15. The Morgan fingerprint density at radius 1 is 1.38 bits per heavy atom. The number of amides is 1. The first-order chi connectivity index (χ1) is 10.1. The number of benzene rings is 1. The maximum atomic E-state index is 11.4. The summed E-state index contributed by atoms with van der Waals surface area (Å²) in [5.41, 5.74) is 13.8. The van der Waals surface area contributed by atoms with E-state index in [9.17, 15) is 4.79 Å². The lowest BCUT2D eigenvalue weighted by molar-refractivity contribution is 0.0996. The average Bonchev–Trinajstić information content (AvgIpc) is 2.88. The van der Waals surface area contributed by atoms with Gasteiger partial charge in [-0.25, -0.2) is 0 Å². The highest BCUT2D eigenvalue weighted by Crippen LogP contribution is 2.27. The Labute approximate surface area is 123 Å². The quantitative estimate of drug-likeness (QED) is 0.791. The molecule has 21 heavy (non-hydrogen) atoms. The zero-order valence-electron chi connectivity index (χ0n) is 12.3. The van der Waals surface area contributed by atoms with Crippen LogP contribution in [-0.2, 0) is 19.6 Å². The van der Waals surface area contributed by atoms with Crippen molar-refractivity contribution in [2.24, 2.45) is 5.73 Å². The molecule has 2 aromatic rings. The minimum absolute atomic E-state index is 0.285. The summed E-state index contributed by atoms with van der Waals surface area (Å²) < 4.78 is 7.61. The first-order valence-electron chi connectivity index (χ1n) is 6.93. The van der Waals surface area contributed by atoms with Crippen LogP contribution < -0.4 is 16.2 Å². The Morgan fingerprint density at radius 3 is 2.76 bits per heavy atom. The first kappa shape index (κ1) is 14.9. The third kappa shape index (κ3) is 3.16. The second-order valence-corrected chi connectivity index (χ2v) is 4.67. The lowest BCUT2D eigenvalue weighted by Gasteiger charge is -2.12. The zero-order chi connectivity index (χ0) is 15.4. The predicted octanol–water partition coefficient (Wildman–Crippen LogP) is 1.73. The molecule has 0 atom stereocenters. The second kappa shape index (κ2) is 6.30. The van der Waals surface area contributed by atoms with Crippen LogP contribution in [0.4, 0.5) is 5.69 Å². The summed E-state index contributed by atoms with van der Waals surface area (Å²) in [7, 11) is 0. The van der Waals surface area contributed by atoms with Crippen molar-refractivity contribution in [1.82, 2.24) is 9.78 Å². The van der Waals surface area contributed by atoms with Gasteiger partial charge in [0.1, 0.15) is 6.61 Å². The molecule has 6 heteroatoms. The van der Waals surface area contributed by atoms with E-state index < -0.39 is 5.91 Å². The molecule has 0 aliphatic carbocycles. The molecule has 0 saturated carbocycles. The van der Waals surface area contributed by atoms with Crippen molar-refractivity contribution < 1.29 is 9.53 Å². The van der Waals surface area contributed by atoms with Crippen molar-refractivity contribution in [3.8, 4) is 5.75 Å². The number of nitrogen functional groups attached to an aromatic ring is 1. The molecule has 0 aliphatic rings. The number of nitrogens with two attached hydrogens (primary N) is 2. The number of para-hydroxylation sites is 1. The number of ether oxygens (including phenoxy) is 1. The van der Waals surface area contributed by atoms with Crippen LogP contribution in [0.2, 0.25) is 0 Å². The Kier molecular flexibility index (Phi) is 4.47. The van der Waals surface area contributed by atoms with Gasteiger partial charge >= 0.3 is 0 Å². The number of primary amides is 1. The molecule has 0 fully saturated rings. The summed E-state index contributed by atoms with van der Waals surface area (Å²) in [6.45, 7) is 5.11. The van der Waals surface area contributed by atoms with Gasteiger partial charge in [0.05, 0.1) is 22.6 Å². The van der Waals surface area contributed by atoms with Gasteiger partial charge in [0.25, 0.3) is 5.91 Å². The topological polar surface area (TPSA) is 96.2 Å². The van der Waals surface area contributed by atoms with Crippen molar-refractivity contribution in [3.63, 3.8) is 0 Å². The monoisotopic (exact) mass is 288 g/mol. The molecular formula is C15H20N4O2. The highest BCUT2D eigenvalue weighted by atomic mass is 16.5. The Bertz CT molecular complexity index is 649. The second-order valence-electron chi connectivity index (χ2n) is 4.67. The normalized spacial score (nSPS) is 10.6. The molecule has 1 aromatic heterocycles. The van der Waals surface area contributed by atoms with E-state index in [1.165, 1.54) is 0 Å². The Balaban J connectivity index is 2.24. The summed E-state index contributed by atoms with van der Waals surface area (Å²) in [4.78, 5) is 11.4. The molecule has 0 bridgehead atoms. The number of hydrogen-bond donors (Lipinski definition) is 2. The molecule has 6 nitrogen and oxygen atoms in total. The van der Waals surface area contributed by atoms with Gasteiger partial charge in [-0.05, 0) is 31.5 Å². The van der Waals surface area contributed by atoms with Crippen LogP contribution >= 0.6 is 0 Å². The summed E-state index contributed by atoms with van der Waals surface area (Å²) in [5, 5.41) is 4.45. The zero-order valence-corrected chi connectivity index (χ0v) is 12.3. The van der Waals surface area contributed by atoms with Gasteiger partial charge < -0.3 is 16.2 Å². The molecule has 1 amide bonds. The fourth-order valence-corrected chi connectivity index (χ4v) is 2.13. The number of hydrogen-bond acceptors (Lipinski definition) is 4. The molecule has 0 unspecified atom stereocenters. The molecule has 112 valence electrons. The standard InChI is InChI=1S/C15H20N4O2/c1-3-10-8-11(19(4-2)18-10)9-21-14-12(15(17)20)6-5-7-13(14)16/h5-8H,3-4,9,16H2,1-2H3,(H2,17,20). The summed E-state index contributed by atoms with van der Waals surface area (Å²) in [5.74, 6) is -0.234. The van der Waals surface area contributed by atoms with E-state index in [0.29, 0.717) is 11.4 Å². The van der Waals surface area contributed by atoms with E-state index in [4.69, 9.17) is 16.2 Å². The van der Waals surface area contributed by atoms with Crippen LogP contribution in [-0.4, -0.2) is 15.7 Å². The smallest absolute Gasteiger partial charge is 0.252 e.